The Morgan fingerprint density at radius 3 is 2.38 bits per heavy atom. The molecule has 0 radical (unpaired) electrons. The summed E-state index contributed by atoms with van der Waals surface area (Å²) in [6.07, 6.45) is -0.672. The zero-order chi connectivity index (χ0) is 21.7. The quantitative estimate of drug-likeness (QED) is 0.478. The Labute approximate surface area is 165 Å². The summed E-state index contributed by atoms with van der Waals surface area (Å²) >= 11 is 0. The van der Waals surface area contributed by atoms with Crippen molar-refractivity contribution in [1.82, 2.24) is 14.9 Å². The third-order valence-corrected chi connectivity index (χ3v) is 4.41. The summed E-state index contributed by atoms with van der Waals surface area (Å²) in [5.74, 6) is -3.53. The van der Waals surface area contributed by atoms with Crippen LogP contribution in [0.2, 0.25) is 0 Å². The van der Waals surface area contributed by atoms with E-state index in [9.17, 15) is 29.1 Å². The lowest BCUT2D eigenvalue weighted by atomic mass is 10.0. The highest BCUT2D eigenvalue weighted by molar-refractivity contribution is 5.86. The largest absolute Gasteiger partial charge is 0.481 e. The molecule has 1 aromatic heterocycles. The maximum atomic E-state index is 12.9. The van der Waals surface area contributed by atoms with E-state index in [2.05, 4.69) is 10.3 Å². The molecule has 29 heavy (non-hydrogen) atoms. The first kappa shape index (κ1) is 21.9. The molecule has 10 nitrogen and oxygen atoms in total. The molecule has 0 aliphatic carbocycles. The summed E-state index contributed by atoms with van der Waals surface area (Å²) in [6, 6.07) is 3.65. The van der Waals surface area contributed by atoms with Crippen LogP contribution in [0.4, 0.5) is 0 Å². The fraction of sp³-hybridized carbons (Fsp3) is 0.421. The molecule has 0 bridgehead atoms. The van der Waals surface area contributed by atoms with Gasteiger partial charge in [0.15, 0.2) is 0 Å². The second kappa shape index (κ2) is 9.18. The number of fused-ring (bicyclic) bond motifs is 1. The summed E-state index contributed by atoms with van der Waals surface area (Å²) in [5, 5.41) is 20.5. The number of carbonyl (C=O) groups is 3. The lowest BCUT2D eigenvalue weighted by Crippen LogP contribution is -2.49. The second-order valence-corrected chi connectivity index (χ2v) is 7.13. The van der Waals surface area contributed by atoms with Crippen molar-refractivity contribution in [1.29, 1.82) is 0 Å². The number of nitrogens with zero attached hydrogens (tertiary/aromatic N) is 1. The topological polar surface area (TPSA) is 159 Å². The summed E-state index contributed by atoms with van der Waals surface area (Å²) < 4.78 is 0.785. The van der Waals surface area contributed by atoms with Crippen LogP contribution in [-0.4, -0.2) is 43.7 Å². The van der Waals surface area contributed by atoms with Crippen LogP contribution in [0.25, 0.3) is 10.9 Å². The number of para-hydroxylation sites is 1. The molecule has 0 aliphatic rings. The van der Waals surface area contributed by atoms with Gasteiger partial charge >= 0.3 is 17.6 Å². The average molecular weight is 405 g/mol. The van der Waals surface area contributed by atoms with Crippen LogP contribution in [0.15, 0.2) is 33.9 Å². The van der Waals surface area contributed by atoms with Gasteiger partial charge in [-0.2, -0.15) is 0 Å². The number of aliphatic carboxylic acids is 2. The number of amides is 1. The number of carbonyl (C=O) groups excluding carboxylic acids is 1. The average Bonchev–Trinajstić information content (AvgIpc) is 2.63. The number of hydrogen-bond acceptors (Lipinski definition) is 5. The van der Waals surface area contributed by atoms with Gasteiger partial charge in [-0.15, -0.1) is 0 Å². The predicted octanol–water partition coefficient (Wildman–Crippen LogP) is 0.711. The molecule has 0 fully saturated rings. The summed E-state index contributed by atoms with van der Waals surface area (Å²) in [7, 11) is 0. The fourth-order valence-corrected chi connectivity index (χ4v) is 3.03. The van der Waals surface area contributed by atoms with Crippen molar-refractivity contribution in [2.75, 3.05) is 0 Å². The minimum absolute atomic E-state index is 0.0918. The SMILES string of the molecule is CC(C)CC(C(=O)NC(CCC(=O)O)C(=O)O)n1c(=O)[nH]c2ccccc2c1=O. The molecule has 0 saturated carbocycles. The Morgan fingerprint density at radius 1 is 1.14 bits per heavy atom. The number of hydrogen-bond donors (Lipinski definition) is 4. The number of aromatic nitrogens is 2. The molecule has 1 amide bonds. The van der Waals surface area contributed by atoms with E-state index in [0.29, 0.717) is 5.52 Å². The molecule has 2 unspecified atom stereocenters. The number of aromatic amines is 1. The third kappa shape index (κ3) is 5.31. The van der Waals surface area contributed by atoms with E-state index < -0.39 is 47.6 Å². The Morgan fingerprint density at radius 2 is 1.79 bits per heavy atom. The van der Waals surface area contributed by atoms with Gasteiger partial charge in [-0.1, -0.05) is 26.0 Å². The van der Waals surface area contributed by atoms with E-state index in [4.69, 9.17) is 5.11 Å². The fourth-order valence-electron chi connectivity index (χ4n) is 3.03. The van der Waals surface area contributed by atoms with E-state index in [1.165, 1.54) is 6.07 Å². The van der Waals surface area contributed by atoms with Crippen LogP contribution < -0.4 is 16.6 Å². The van der Waals surface area contributed by atoms with Crippen LogP contribution in [0.1, 0.15) is 39.2 Å². The third-order valence-electron chi connectivity index (χ3n) is 4.41. The highest BCUT2D eigenvalue weighted by atomic mass is 16.4. The van der Waals surface area contributed by atoms with Crippen molar-refractivity contribution < 1.29 is 24.6 Å². The standard InChI is InChI=1S/C19H23N3O7/c1-10(2)9-14(16(25)20-13(18(27)28)7-8-15(23)24)22-17(26)11-5-3-4-6-12(11)21-19(22)29/h3-6,10,13-14H,7-9H2,1-2H3,(H,20,25)(H,21,29)(H,23,24)(H,27,28). The lowest BCUT2D eigenvalue weighted by molar-refractivity contribution is -0.143. The molecule has 4 N–H and O–H groups in total. The van der Waals surface area contributed by atoms with Gasteiger partial charge in [0.1, 0.15) is 12.1 Å². The molecule has 0 spiro atoms. The van der Waals surface area contributed by atoms with Crippen LogP contribution in [0.3, 0.4) is 0 Å². The van der Waals surface area contributed by atoms with Crippen LogP contribution >= 0.6 is 0 Å². The van der Waals surface area contributed by atoms with E-state index in [1.807, 2.05) is 0 Å². The van der Waals surface area contributed by atoms with Gasteiger partial charge in [0.05, 0.1) is 10.9 Å². The molecule has 0 aliphatic heterocycles. The van der Waals surface area contributed by atoms with E-state index in [0.717, 1.165) is 4.57 Å². The van der Waals surface area contributed by atoms with Crippen molar-refractivity contribution in [2.45, 2.75) is 45.2 Å². The first-order chi connectivity index (χ1) is 13.6. The van der Waals surface area contributed by atoms with E-state index >= 15 is 0 Å². The number of rotatable bonds is 9. The summed E-state index contributed by atoms with van der Waals surface area (Å²) in [5.41, 5.74) is -1.12. The van der Waals surface area contributed by atoms with Crippen LogP contribution in [-0.2, 0) is 14.4 Å². The van der Waals surface area contributed by atoms with Crippen molar-refractivity contribution >= 4 is 28.7 Å². The maximum Gasteiger partial charge on any atom is 0.329 e. The minimum atomic E-state index is -1.46. The smallest absolute Gasteiger partial charge is 0.329 e. The number of nitrogens with one attached hydrogen (secondary N) is 2. The number of carboxylic acids is 2. The van der Waals surface area contributed by atoms with Gasteiger partial charge in [0.25, 0.3) is 5.56 Å². The molecule has 2 aromatic rings. The molecule has 0 saturated heterocycles. The van der Waals surface area contributed by atoms with Crippen molar-refractivity contribution in [3.63, 3.8) is 0 Å². The predicted molar refractivity (Wildman–Crippen MR) is 104 cm³/mol. The number of H-pyrrole nitrogens is 1. The van der Waals surface area contributed by atoms with Gasteiger partial charge in [-0.25, -0.2) is 14.2 Å². The number of benzene rings is 1. The van der Waals surface area contributed by atoms with Crippen LogP contribution in [0, 0.1) is 5.92 Å². The van der Waals surface area contributed by atoms with Crippen molar-refractivity contribution in [3.05, 3.63) is 45.1 Å². The van der Waals surface area contributed by atoms with Crippen molar-refractivity contribution in [3.8, 4) is 0 Å². The summed E-state index contributed by atoms with van der Waals surface area (Å²) in [4.78, 5) is 63.0. The highest BCUT2D eigenvalue weighted by Gasteiger charge is 2.29. The van der Waals surface area contributed by atoms with Crippen molar-refractivity contribution in [2.24, 2.45) is 5.92 Å². The highest BCUT2D eigenvalue weighted by Crippen LogP contribution is 2.17. The zero-order valence-electron chi connectivity index (χ0n) is 16.0. The number of carboxylic acid groups (broad SMARTS) is 2. The molecule has 1 aromatic carbocycles. The first-order valence-electron chi connectivity index (χ1n) is 9.10. The molecule has 2 atom stereocenters. The molecular formula is C19H23N3O7. The van der Waals surface area contributed by atoms with Gasteiger partial charge in [0, 0.05) is 6.42 Å². The lowest BCUT2D eigenvalue weighted by Gasteiger charge is -2.23. The monoisotopic (exact) mass is 405 g/mol. The Kier molecular flexibility index (Phi) is 6.92. The van der Waals surface area contributed by atoms with Gasteiger partial charge in [-0.3, -0.25) is 14.4 Å². The molecule has 156 valence electrons. The van der Waals surface area contributed by atoms with Gasteiger partial charge in [-0.05, 0) is 30.9 Å². The zero-order valence-corrected chi connectivity index (χ0v) is 16.0. The second-order valence-electron chi connectivity index (χ2n) is 7.13. The van der Waals surface area contributed by atoms with Gasteiger partial charge < -0.3 is 20.5 Å². The Balaban J connectivity index is 2.46. The Bertz CT molecular complexity index is 1040. The minimum Gasteiger partial charge on any atom is -0.481 e. The van der Waals surface area contributed by atoms with E-state index in [-0.39, 0.29) is 24.1 Å². The first-order valence-corrected chi connectivity index (χ1v) is 9.10. The van der Waals surface area contributed by atoms with Crippen LogP contribution in [0.5, 0.6) is 0 Å². The Hall–Kier alpha value is -3.43. The van der Waals surface area contributed by atoms with E-state index in [1.54, 1.807) is 32.0 Å². The van der Waals surface area contributed by atoms with Gasteiger partial charge in [0.2, 0.25) is 5.91 Å². The molecule has 1 heterocycles. The molecule has 2 rings (SSSR count). The summed E-state index contributed by atoms with van der Waals surface area (Å²) in [6.45, 7) is 3.58. The molecular weight excluding hydrogens is 382 g/mol. The maximum absolute atomic E-state index is 12.9. The normalized spacial score (nSPS) is 13.2. The molecule has 10 heteroatoms.